The topological polar surface area (TPSA) is 348 Å². The van der Waals surface area contributed by atoms with Crippen molar-refractivity contribution in [2.45, 2.75) is 169 Å². The summed E-state index contributed by atoms with van der Waals surface area (Å²) < 4.78 is 34.5. The molecule has 0 aromatic carbocycles. The summed E-state index contributed by atoms with van der Waals surface area (Å²) in [4.78, 5) is 13.4. The molecule has 0 heterocycles. The number of carboxylic acids is 1. The minimum atomic E-state index is -4.48. The molecule has 0 amide bonds. The smallest absolute Gasteiger partial charge is 0.726 e. The van der Waals surface area contributed by atoms with Crippen molar-refractivity contribution in [1.82, 2.24) is 0 Å². The maximum Gasteiger partial charge on any atom is 4.00 e. The van der Waals surface area contributed by atoms with Crippen molar-refractivity contribution in [1.29, 1.82) is 0 Å². The fourth-order valence-corrected chi connectivity index (χ4v) is 4.55. The third-order valence-corrected chi connectivity index (χ3v) is 7.48. The van der Waals surface area contributed by atoms with Crippen LogP contribution in [0, 0.1) is 0 Å². The number of carbonyl (C=O) groups is 1. The molecule has 54 heavy (non-hydrogen) atoms. The maximum atomic E-state index is 10.1. The fraction of sp³-hybridized carbons (Fsp3) is 0.971. The quantitative estimate of drug-likeness (QED) is 0.0164. The number of quaternary nitrogens is 2. The molecular formula is C35H89N8O8Pt2S+3. The Morgan fingerprint density at radius 1 is 0.574 bits per heavy atom. The number of nitrogens with one attached hydrogen (secondary N) is 2. The van der Waals surface area contributed by atoms with E-state index in [1.165, 1.54) is 110 Å². The number of hydrogen-bond donors (Lipinski definition) is 4. The van der Waals surface area contributed by atoms with Gasteiger partial charge in [0.1, 0.15) is 13.1 Å². The van der Waals surface area contributed by atoms with E-state index in [9.17, 15) is 17.8 Å². The molecule has 0 aromatic heterocycles. The Kier molecular flexibility index (Phi) is 119. The Hall–Kier alpha value is 0.317. The van der Waals surface area contributed by atoms with Gasteiger partial charge in [0.05, 0.1) is 26.3 Å². The van der Waals surface area contributed by atoms with Crippen molar-refractivity contribution >= 4 is 16.4 Å². The van der Waals surface area contributed by atoms with Crippen LogP contribution in [0.15, 0.2) is 0 Å². The van der Waals surface area contributed by atoms with Crippen LogP contribution in [-0.2, 0) is 66.4 Å². The standard InChI is InChI=1S/C14H32N4.C12H26O4S.C4H10O2.C4H8O2.CH4.4H2N.2Pt/c15-9-5-1-3-7-11-17-13-14-18-12-8-4-2-6-10-16;1-2-3-4-5-6-7-8-9-10-11-12-16-17(13,14)15;1-2-3-4-6-5;1-2-3-4(5)6;;;;;;;/h15-18H,1-14H2;2-12H2,1H3,(H,13,14,15);5H,2-4H2,1H3;2-3H2,1H3,(H,5,6);1H4;4*1H2;;/q-2;;;;;4*-1;2*+4/p+1. The molecular weight excluding hydrogens is 1080 g/mol. The summed E-state index contributed by atoms with van der Waals surface area (Å²) in [6.45, 7) is 12.8. The summed E-state index contributed by atoms with van der Waals surface area (Å²) in [5.74, 6) is -0.711. The molecule has 0 rings (SSSR count). The molecule has 0 radical (unpaired) electrons. The molecule has 340 valence electrons. The second-order valence-corrected chi connectivity index (χ2v) is 12.9. The third-order valence-electron chi connectivity index (χ3n) is 7.02. The molecule has 16 N–H and O–H groups in total. The van der Waals surface area contributed by atoms with E-state index < -0.39 is 16.4 Å². The van der Waals surface area contributed by atoms with Gasteiger partial charge in [-0.15, -0.1) is 0 Å². The molecule has 0 aliphatic heterocycles. The van der Waals surface area contributed by atoms with Crippen LogP contribution in [0.4, 0.5) is 0 Å². The van der Waals surface area contributed by atoms with Gasteiger partial charge in [-0.1, -0.05) is 118 Å². The molecule has 0 saturated carbocycles. The first-order valence-corrected chi connectivity index (χ1v) is 20.0. The van der Waals surface area contributed by atoms with E-state index in [1.54, 1.807) is 0 Å². The molecule has 16 nitrogen and oxygen atoms in total. The number of carboxylic acid groups (broad SMARTS) is 1. The molecule has 0 spiro atoms. The third kappa shape index (κ3) is 110. The average molecular weight is 1170 g/mol. The van der Waals surface area contributed by atoms with Gasteiger partial charge < -0.3 is 56.4 Å². The summed E-state index contributed by atoms with van der Waals surface area (Å²) in [5, 5.41) is 20.5. The van der Waals surface area contributed by atoms with E-state index in [0.717, 1.165) is 44.9 Å². The van der Waals surface area contributed by atoms with Crippen molar-refractivity contribution in [3.8, 4) is 0 Å². The molecule has 0 aliphatic carbocycles. The predicted octanol–water partition coefficient (Wildman–Crippen LogP) is 10.4. The van der Waals surface area contributed by atoms with Gasteiger partial charge in [0.25, 0.3) is 0 Å². The van der Waals surface area contributed by atoms with Gasteiger partial charge >= 0.3 is 48.1 Å². The number of nitrogens with two attached hydrogens (primary N) is 6. The number of unbranched alkanes of at least 4 members (excludes halogenated alkanes) is 16. The minimum absolute atomic E-state index is 0. The first kappa shape index (κ1) is 82.3. The molecule has 0 aromatic rings. The van der Waals surface area contributed by atoms with Crippen molar-refractivity contribution in [3.05, 3.63) is 36.1 Å². The predicted molar refractivity (Wildman–Crippen MR) is 220 cm³/mol. The van der Waals surface area contributed by atoms with Crippen LogP contribution in [0.2, 0.25) is 0 Å². The summed E-state index contributed by atoms with van der Waals surface area (Å²) >= 11 is 0. The van der Waals surface area contributed by atoms with Crippen LogP contribution < -0.4 is 10.6 Å². The zero-order chi connectivity index (χ0) is 36.1. The van der Waals surface area contributed by atoms with E-state index >= 15 is 0 Å². The van der Waals surface area contributed by atoms with E-state index in [-0.39, 0.29) is 80.8 Å². The second kappa shape index (κ2) is 77.8. The largest absolute Gasteiger partial charge is 4.00 e. The van der Waals surface area contributed by atoms with Crippen molar-refractivity contribution in [2.75, 3.05) is 52.5 Å². The average Bonchev–Trinajstić information content (AvgIpc) is 3.03. The van der Waals surface area contributed by atoms with Gasteiger partial charge in [-0.3, -0.25) is 14.2 Å². The van der Waals surface area contributed by atoms with E-state index in [2.05, 4.69) is 26.6 Å². The van der Waals surface area contributed by atoms with Gasteiger partial charge in [0.2, 0.25) is 10.4 Å². The van der Waals surface area contributed by atoms with Crippen LogP contribution in [0.1, 0.15) is 169 Å². The zero-order valence-electron chi connectivity index (χ0n) is 33.6. The molecule has 19 heteroatoms. The summed E-state index contributed by atoms with van der Waals surface area (Å²) in [6.07, 6.45) is 24.6. The Morgan fingerprint density at radius 2 is 0.926 bits per heavy atom. The van der Waals surface area contributed by atoms with Crippen LogP contribution >= 0.6 is 0 Å². The van der Waals surface area contributed by atoms with E-state index in [0.29, 0.717) is 32.5 Å². The van der Waals surface area contributed by atoms with Gasteiger partial charge in [-0.05, 0) is 44.9 Å². The van der Waals surface area contributed by atoms with Crippen LogP contribution in [-0.4, -0.2) is 81.8 Å². The summed E-state index contributed by atoms with van der Waals surface area (Å²) in [6, 6.07) is 0. The minimum Gasteiger partial charge on any atom is -0.726 e. The van der Waals surface area contributed by atoms with Crippen molar-refractivity contribution in [3.63, 3.8) is 0 Å². The Labute approximate surface area is 362 Å². The molecule has 0 unspecified atom stereocenters. The summed E-state index contributed by atoms with van der Waals surface area (Å²) in [7, 11) is -4.48. The zero-order valence-corrected chi connectivity index (χ0v) is 38.9. The molecule has 0 bridgehead atoms. The molecule has 0 atom stereocenters. The van der Waals surface area contributed by atoms with Crippen LogP contribution in [0.5, 0.6) is 0 Å². The SMILES string of the molecule is C.CCCC(=O)O.CCCCCCCCCCCCOS(=O)(=O)[O-].CCCCOO.[NH-]CCCCCC[NH2+]CC[NH2+]CCCCCC[NH-].[NH2-].[NH2-].[NH2-].[NH2-].[Pt+4].[Pt+4]. The van der Waals surface area contributed by atoms with Crippen LogP contribution in [0.25, 0.3) is 36.1 Å². The van der Waals surface area contributed by atoms with Gasteiger partial charge in [-0.2, -0.15) is 13.1 Å². The fourth-order valence-electron chi connectivity index (χ4n) is 4.23. The second-order valence-electron chi connectivity index (χ2n) is 11.8. The first-order valence-electron chi connectivity index (χ1n) is 18.7. The summed E-state index contributed by atoms with van der Waals surface area (Å²) in [5.41, 5.74) is 14.1. The Balaban J connectivity index is -0.0000000532. The number of rotatable bonds is 32. The Bertz CT molecular complexity index is 667. The molecule has 0 aliphatic rings. The van der Waals surface area contributed by atoms with Crippen molar-refractivity contribution in [2.24, 2.45) is 0 Å². The van der Waals surface area contributed by atoms with Gasteiger partial charge in [0.15, 0.2) is 0 Å². The van der Waals surface area contributed by atoms with Crippen LogP contribution in [0.3, 0.4) is 0 Å². The molecule has 0 fully saturated rings. The Morgan fingerprint density at radius 3 is 1.20 bits per heavy atom. The maximum absolute atomic E-state index is 10.1. The first-order chi connectivity index (χ1) is 22.7. The number of hydrogen-bond acceptors (Lipinski definition) is 7. The molecule has 0 saturated heterocycles. The number of aliphatic carboxylic acids is 1. The van der Waals surface area contributed by atoms with E-state index in [1.807, 2.05) is 13.8 Å². The van der Waals surface area contributed by atoms with Crippen molar-refractivity contribution < 1.29 is 90.0 Å². The van der Waals surface area contributed by atoms with Gasteiger partial charge in [-0.25, -0.2) is 13.3 Å². The monoisotopic (exact) mass is 1170 g/mol. The van der Waals surface area contributed by atoms with E-state index in [4.69, 9.17) is 21.8 Å². The normalized spacial score (nSPS) is 9.31. The van der Waals surface area contributed by atoms with Gasteiger partial charge in [0, 0.05) is 6.42 Å².